The standard InChI is InChI=1S/C31H42N6O3S/c1-20-10-12-22(16-23(20)21-11-13-26(33-18-21)36(8)9)34-29(40)35-27-24(17-25(41-27)30(2,3)4)28(39)37(15-14-32-7)31(5,6)19-38/h10-13,16-19,32H,14-15H2,1-9H3,(H2,34,35,40). The summed E-state index contributed by atoms with van der Waals surface area (Å²) >= 11 is 1.36. The molecule has 10 heteroatoms. The average molecular weight is 579 g/mol. The number of urea groups is 1. The van der Waals surface area contributed by atoms with Gasteiger partial charge in [-0.05, 0) is 74.7 Å². The Labute approximate surface area is 247 Å². The minimum Gasteiger partial charge on any atom is -0.363 e. The minimum atomic E-state index is -1.02. The van der Waals surface area contributed by atoms with E-state index in [0.29, 0.717) is 29.3 Å². The van der Waals surface area contributed by atoms with Crippen LogP contribution in [0.5, 0.6) is 0 Å². The van der Waals surface area contributed by atoms with Gasteiger partial charge in [0.25, 0.3) is 5.91 Å². The highest BCUT2D eigenvalue weighted by Crippen LogP contribution is 2.37. The van der Waals surface area contributed by atoms with Crippen molar-refractivity contribution in [2.75, 3.05) is 49.8 Å². The van der Waals surface area contributed by atoms with Crippen molar-refractivity contribution in [3.05, 3.63) is 58.6 Å². The second-order valence-electron chi connectivity index (χ2n) is 11.8. The highest BCUT2D eigenvalue weighted by molar-refractivity contribution is 7.16. The normalized spacial score (nSPS) is 11.6. The van der Waals surface area contributed by atoms with Crippen LogP contribution < -0.4 is 20.9 Å². The maximum Gasteiger partial charge on any atom is 0.324 e. The van der Waals surface area contributed by atoms with Gasteiger partial charge in [0.15, 0.2) is 0 Å². The first kappa shape index (κ1) is 31.8. The molecule has 0 aliphatic heterocycles. The molecule has 0 radical (unpaired) electrons. The van der Waals surface area contributed by atoms with Crippen LogP contribution in [0.3, 0.4) is 0 Å². The van der Waals surface area contributed by atoms with E-state index < -0.39 is 11.6 Å². The Balaban J connectivity index is 1.90. The first-order valence-electron chi connectivity index (χ1n) is 13.6. The molecule has 3 N–H and O–H groups in total. The molecule has 41 heavy (non-hydrogen) atoms. The van der Waals surface area contributed by atoms with E-state index in [1.807, 2.05) is 68.5 Å². The van der Waals surface area contributed by atoms with Crippen molar-refractivity contribution in [2.45, 2.75) is 52.5 Å². The van der Waals surface area contributed by atoms with Crippen LogP contribution in [-0.4, -0.2) is 67.9 Å². The van der Waals surface area contributed by atoms with Crippen LogP contribution in [0.1, 0.15) is 55.4 Å². The number of carbonyl (C=O) groups is 3. The van der Waals surface area contributed by atoms with Gasteiger partial charge in [0.2, 0.25) is 0 Å². The van der Waals surface area contributed by atoms with Gasteiger partial charge in [-0.25, -0.2) is 9.78 Å². The number of carbonyl (C=O) groups excluding carboxylic acids is 3. The molecule has 0 spiro atoms. The van der Waals surface area contributed by atoms with E-state index in [9.17, 15) is 14.4 Å². The number of rotatable bonds is 10. The third-order valence-electron chi connectivity index (χ3n) is 6.76. The number of amides is 3. The van der Waals surface area contributed by atoms with Crippen molar-refractivity contribution in [2.24, 2.45) is 0 Å². The zero-order chi connectivity index (χ0) is 30.5. The molecule has 2 aromatic heterocycles. The van der Waals surface area contributed by atoms with E-state index >= 15 is 0 Å². The molecule has 0 aliphatic rings. The summed E-state index contributed by atoms with van der Waals surface area (Å²) in [6, 6.07) is 11.0. The van der Waals surface area contributed by atoms with Gasteiger partial charge in [-0.15, -0.1) is 11.3 Å². The number of aromatic nitrogens is 1. The monoisotopic (exact) mass is 578 g/mol. The zero-order valence-electron chi connectivity index (χ0n) is 25.5. The van der Waals surface area contributed by atoms with Gasteiger partial charge in [0, 0.05) is 49.5 Å². The average Bonchev–Trinajstić information content (AvgIpc) is 3.34. The topological polar surface area (TPSA) is 107 Å². The summed E-state index contributed by atoms with van der Waals surface area (Å²) in [5, 5.41) is 9.29. The first-order valence-corrected chi connectivity index (χ1v) is 14.4. The largest absolute Gasteiger partial charge is 0.363 e. The fourth-order valence-corrected chi connectivity index (χ4v) is 5.29. The van der Waals surface area contributed by atoms with Crippen molar-refractivity contribution in [3.63, 3.8) is 0 Å². The van der Waals surface area contributed by atoms with Crippen LogP contribution in [0.4, 0.5) is 21.3 Å². The van der Waals surface area contributed by atoms with E-state index in [-0.39, 0.29) is 11.3 Å². The summed E-state index contributed by atoms with van der Waals surface area (Å²) in [7, 11) is 5.68. The van der Waals surface area contributed by atoms with Crippen LogP contribution in [0.2, 0.25) is 0 Å². The first-order chi connectivity index (χ1) is 19.2. The molecule has 0 atom stereocenters. The van der Waals surface area contributed by atoms with Gasteiger partial charge in [-0.2, -0.15) is 0 Å². The molecule has 3 rings (SSSR count). The number of hydrogen-bond donors (Lipinski definition) is 3. The van der Waals surface area contributed by atoms with Crippen molar-refractivity contribution in [1.82, 2.24) is 15.2 Å². The molecule has 3 aromatic rings. The van der Waals surface area contributed by atoms with E-state index in [0.717, 1.165) is 33.7 Å². The molecule has 0 saturated heterocycles. The van der Waals surface area contributed by atoms with Crippen LogP contribution >= 0.6 is 11.3 Å². The number of pyridine rings is 1. The van der Waals surface area contributed by atoms with Crippen molar-refractivity contribution >= 4 is 46.1 Å². The number of aryl methyl sites for hydroxylation is 1. The summed E-state index contributed by atoms with van der Waals surface area (Å²) in [5.41, 5.74) is 2.66. The number of anilines is 3. The molecule has 0 bridgehead atoms. The Morgan fingerprint density at radius 2 is 1.73 bits per heavy atom. The molecular formula is C31H42N6O3S. The smallest absolute Gasteiger partial charge is 0.324 e. The van der Waals surface area contributed by atoms with Crippen LogP contribution in [0.15, 0.2) is 42.6 Å². The van der Waals surface area contributed by atoms with Gasteiger partial charge in [0.1, 0.15) is 17.1 Å². The summed E-state index contributed by atoms with van der Waals surface area (Å²) in [4.78, 5) is 47.9. The summed E-state index contributed by atoms with van der Waals surface area (Å²) < 4.78 is 0. The third-order valence-corrected chi connectivity index (χ3v) is 8.23. The zero-order valence-corrected chi connectivity index (χ0v) is 26.3. The SMILES string of the molecule is CNCCN(C(=O)c1cc(C(C)(C)C)sc1NC(=O)Nc1ccc(C)c(-c2ccc(N(C)C)nc2)c1)C(C)(C)C=O. The van der Waals surface area contributed by atoms with Gasteiger partial charge in [-0.3, -0.25) is 10.1 Å². The lowest BCUT2D eigenvalue weighted by Gasteiger charge is -2.34. The number of hydrogen-bond acceptors (Lipinski definition) is 7. The van der Waals surface area contributed by atoms with Gasteiger partial charge >= 0.3 is 6.03 Å². The Hall–Kier alpha value is -3.76. The third kappa shape index (κ3) is 7.71. The number of thiophene rings is 1. The van der Waals surface area contributed by atoms with Crippen molar-refractivity contribution in [1.29, 1.82) is 0 Å². The summed E-state index contributed by atoms with van der Waals surface area (Å²) in [6.07, 6.45) is 2.59. The quantitative estimate of drug-likeness (QED) is 0.264. The maximum absolute atomic E-state index is 13.8. The number of nitrogens with zero attached hydrogens (tertiary/aromatic N) is 3. The molecule has 220 valence electrons. The number of likely N-dealkylation sites (N-methyl/N-ethyl adjacent to an activating group) is 1. The molecule has 3 amide bonds. The highest BCUT2D eigenvalue weighted by Gasteiger charge is 2.34. The van der Waals surface area contributed by atoms with Crippen LogP contribution in [-0.2, 0) is 10.2 Å². The predicted octanol–water partition coefficient (Wildman–Crippen LogP) is 5.77. The van der Waals surface area contributed by atoms with Crippen molar-refractivity contribution in [3.8, 4) is 11.1 Å². The predicted molar refractivity (Wildman–Crippen MR) is 170 cm³/mol. The Kier molecular flexibility index (Phi) is 9.94. The molecule has 0 saturated carbocycles. The van der Waals surface area contributed by atoms with E-state index in [2.05, 4.69) is 41.7 Å². The maximum atomic E-state index is 13.8. The second kappa shape index (κ2) is 12.8. The number of nitrogens with one attached hydrogen (secondary N) is 3. The van der Waals surface area contributed by atoms with Gasteiger partial charge < -0.3 is 25.2 Å². The van der Waals surface area contributed by atoms with Gasteiger partial charge in [-0.1, -0.05) is 26.8 Å². The highest BCUT2D eigenvalue weighted by atomic mass is 32.1. The number of benzene rings is 1. The summed E-state index contributed by atoms with van der Waals surface area (Å²) in [5.74, 6) is 0.544. The Morgan fingerprint density at radius 3 is 2.29 bits per heavy atom. The Morgan fingerprint density at radius 1 is 1.02 bits per heavy atom. The minimum absolute atomic E-state index is 0.242. The summed E-state index contributed by atoms with van der Waals surface area (Å²) in [6.45, 7) is 12.5. The molecule has 9 nitrogen and oxygen atoms in total. The Bertz CT molecular complexity index is 1390. The van der Waals surface area contributed by atoms with E-state index in [1.165, 1.54) is 16.2 Å². The van der Waals surface area contributed by atoms with Crippen LogP contribution in [0, 0.1) is 6.92 Å². The molecule has 2 heterocycles. The molecule has 0 unspecified atom stereocenters. The lowest BCUT2D eigenvalue weighted by molar-refractivity contribution is -0.115. The molecule has 0 aliphatic carbocycles. The van der Waals surface area contributed by atoms with Crippen molar-refractivity contribution < 1.29 is 14.4 Å². The lowest BCUT2D eigenvalue weighted by Crippen LogP contribution is -2.51. The van der Waals surface area contributed by atoms with E-state index in [4.69, 9.17) is 0 Å². The fraction of sp³-hybridized carbons (Fsp3) is 0.419. The number of aldehydes is 1. The fourth-order valence-electron chi connectivity index (χ4n) is 4.18. The molecule has 1 aromatic carbocycles. The lowest BCUT2D eigenvalue weighted by atomic mass is 9.94. The molecule has 0 fully saturated rings. The van der Waals surface area contributed by atoms with Gasteiger partial charge in [0.05, 0.1) is 11.1 Å². The molecular weight excluding hydrogens is 536 g/mol. The second-order valence-corrected chi connectivity index (χ2v) is 12.9. The van der Waals surface area contributed by atoms with Crippen LogP contribution in [0.25, 0.3) is 11.1 Å². The van der Waals surface area contributed by atoms with E-state index in [1.54, 1.807) is 20.9 Å².